The number of guanidine groups is 1. The van der Waals surface area contributed by atoms with Crippen LogP contribution in [0, 0.1) is 17.8 Å². The molecule has 9 nitrogen and oxygen atoms in total. The van der Waals surface area contributed by atoms with E-state index in [-0.39, 0.29) is 48.0 Å². The minimum Gasteiger partial charge on any atom is -0.393 e. The van der Waals surface area contributed by atoms with Crippen LogP contribution in [0.15, 0.2) is 4.99 Å². The van der Waals surface area contributed by atoms with Gasteiger partial charge in [0.2, 0.25) is 5.91 Å². The monoisotopic (exact) mass is 497 g/mol. The van der Waals surface area contributed by atoms with E-state index in [1.165, 1.54) is 12.1 Å². The summed E-state index contributed by atoms with van der Waals surface area (Å²) in [4.78, 5) is 17.2. The number of hydrogen-bond donors (Lipinski definition) is 6. The molecular weight excluding hydrogens is 463 g/mol. The lowest BCUT2D eigenvalue weighted by molar-refractivity contribution is -0.168. The Morgan fingerprint density at radius 2 is 2.00 bits per heavy atom. The third kappa shape index (κ3) is 7.15. The topological polar surface area (TPSA) is 113 Å². The number of nitrogens with zero attached hydrogens (tertiary/aromatic N) is 2. The fraction of sp³-hybridized carbons (Fsp3) is 0.900. The standard InChI is InChI=1S/C20H35ClF3N7O2/c1-10(2)8-25-19(27-18(33)13-9-31(3)30-17(13)20(22,23)24)26-16-7-15(28-29-16)12-6-11(32)4-5-14(12)21/h10-17,28-30,32H,4-9H2,1-3H3,(H2,25,26,27,33). The van der Waals surface area contributed by atoms with Gasteiger partial charge in [-0.25, -0.2) is 15.9 Å². The van der Waals surface area contributed by atoms with Gasteiger partial charge in [0.25, 0.3) is 0 Å². The molecule has 1 saturated carbocycles. The highest BCUT2D eigenvalue weighted by atomic mass is 35.5. The number of aliphatic hydroxyl groups is 1. The lowest BCUT2D eigenvalue weighted by Gasteiger charge is -2.34. The van der Waals surface area contributed by atoms with Crippen molar-refractivity contribution < 1.29 is 23.1 Å². The number of carbonyl (C=O) groups is 1. The molecule has 7 unspecified atom stereocenters. The SMILES string of the molecule is CC(C)CN=C(NC(=O)C1CN(C)NC1C(F)(F)F)NC1CC(C2CC(O)CCC2Cl)NN1. The van der Waals surface area contributed by atoms with Crippen molar-refractivity contribution in [2.75, 3.05) is 20.1 Å². The summed E-state index contributed by atoms with van der Waals surface area (Å²) < 4.78 is 40.1. The zero-order valence-electron chi connectivity index (χ0n) is 19.1. The summed E-state index contributed by atoms with van der Waals surface area (Å²) in [6.07, 6.45) is -2.60. The molecule has 2 heterocycles. The van der Waals surface area contributed by atoms with E-state index >= 15 is 0 Å². The van der Waals surface area contributed by atoms with Crippen LogP contribution in [-0.4, -0.2) is 78.0 Å². The van der Waals surface area contributed by atoms with E-state index in [0.717, 1.165) is 6.42 Å². The number of amides is 1. The number of aliphatic imine (C=N–C) groups is 1. The first kappa shape index (κ1) is 26.4. The zero-order chi connectivity index (χ0) is 24.3. The molecule has 13 heteroatoms. The van der Waals surface area contributed by atoms with Crippen molar-refractivity contribution >= 4 is 23.5 Å². The number of hydrogen-bond acceptors (Lipinski definition) is 7. The summed E-state index contributed by atoms with van der Waals surface area (Å²) in [5.41, 5.74) is 8.61. The highest BCUT2D eigenvalue weighted by Crippen LogP contribution is 2.33. The Morgan fingerprint density at radius 1 is 1.27 bits per heavy atom. The van der Waals surface area contributed by atoms with Crippen LogP contribution in [0.2, 0.25) is 0 Å². The number of carbonyl (C=O) groups excluding carboxylic acids is 1. The van der Waals surface area contributed by atoms with E-state index in [2.05, 4.69) is 31.9 Å². The number of nitrogens with one attached hydrogen (secondary N) is 5. The second-order valence-electron chi connectivity index (χ2n) is 9.68. The average Bonchev–Trinajstić information content (AvgIpc) is 3.34. The summed E-state index contributed by atoms with van der Waals surface area (Å²) in [6, 6.07) is -1.95. The van der Waals surface area contributed by atoms with E-state index in [4.69, 9.17) is 11.6 Å². The largest absolute Gasteiger partial charge is 0.405 e. The molecule has 7 atom stereocenters. The summed E-state index contributed by atoms with van der Waals surface area (Å²) >= 11 is 6.49. The van der Waals surface area contributed by atoms with Crippen LogP contribution in [0.1, 0.15) is 39.5 Å². The highest BCUT2D eigenvalue weighted by molar-refractivity contribution is 6.20. The van der Waals surface area contributed by atoms with Crippen LogP contribution >= 0.6 is 11.6 Å². The van der Waals surface area contributed by atoms with Crippen LogP contribution in [0.5, 0.6) is 0 Å². The van der Waals surface area contributed by atoms with Crippen molar-refractivity contribution in [1.29, 1.82) is 0 Å². The van der Waals surface area contributed by atoms with E-state index in [0.29, 0.717) is 25.8 Å². The van der Waals surface area contributed by atoms with Crippen molar-refractivity contribution in [3.05, 3.63) is 0 Å². The first-order valence-electron chi connectivity index (χ1n) is 11.4. The summed E-state index contributed by atoms with van der Waals surface area (Å²) in [5.74, 6) is -1.64. The maximum Gasteiger partial charge on any atom is 0.405 e. The number of rotatable bonds is 5. The molecular formula is C20H35ClF3N7O2. The molecule has 6 N–H and O–H groups in total. The molecule has 1 aliphatic carbocycles. The van der Waals surface area contributed by atoms with Crippen molar-refractivity contribution in [3.8, 4) is 0 Å². The van der Waals surface area contributed by atoms with E-state index in [1.807, 2.05) is 13.8 Å². The molecule has 3 aliphatic rings. The molecule has 3 fully saturated rings. The minimum atomic E-state index is -4.55. The number of aliphatic hydroxyl groups excluding tert-OH is 1. The lowest BCUT2D eigenvalue weighted by atomic mass is 9.81. The van der Waals surface area contributed by atoms with Crippen LogP contribution in [0.3, 0.4) is 0 Å². The molecule has 0 aromatic carbocycles. The van der Waals surface area contributed by atoms with Gasteiger partial charge in [0.15, 0.2) is 5.96 Å². The minimum absolute atomic E-state index is 0.00397. The Balaban J connectivity index is 1.63. The molecule has 33 heavy (non-hydrogen) atoms. The average molecular weight is 498 g/mol. The Morgan fingerprint density at radius 3 is 2.67 bits per heavy atom. The molecule has 3 rings (SSSR count). The molecule has 2 saturated heterocycles. The fourth-order valence-electron chi connectivity index (χ4n) is 4.60. The molecule has 0 radical (unpaired) electrons. The van der Waals surface area contributed by atoms with Crippen LogP contribution in [0.25, 0.3) is 0 Å². The van der Waals surface area contributed by atoms with Crippen LogP contribution in [-0.2, 0) is 4.79 Å². The Bertz CT molecular complexity index is 712. The quantitative estimate of drug-likeness (QED) is 0.188. The molecule has 1 amide bonds. The van der Waals surface area contributed by atoms with E-state index in [9.17, 15) is 23.1 Å². The zero-order valence-corrected chi connectivity index (χ0v) is 19.9. The smallest absolute Gasteiger partial charge is 0.393 e. The third-order valence-electron chi connectivity index (χ3n) is 6.32. The third-order valence-corrected chi connectivity index (χ3v) is 6.86. The summed E-state index contributed by atoms with van der Waals surface area (Å²) in [7, 11) is 1.47. The van der Waals surface area contributed by atoms with Crippen LogP contribution in [0.4, 0.5) is 13.2 Å². The normalized spacial score (nSPS) is 36.4. The number of halogens is 4. The van der Waals surface area contributed by atoms with Gasteiger partial charge in [-0.2, -0.15) is 13.2 Å². The summed E-state index contributed by atoms with van der Waals surface area (Å²) in [6.45, 7) is 4.24. The molecule has 0 spiro atoms. The second kappa shape index (κ2) is 11.0. The predicted molar refractivity (Wildman–Crippen MR) is 119 cm³/mol. The molecule has 0 aromatic heterocycles. The molecule has 190 valence electrons. The van der Waals surface area contributed by atoms with Crippen molar-refractivity contribution in [3.63, 3.8) is 0 Å². The van der Waals surface area contributed by atoms with Gasteiger partial charge in [-0.1, -0.05) is 13.8 Å². The Hall–Kier alpha value is -1.18. The van der Waals surface area contributed by atoms with E-state index in [1.54, 1.807) is 0 Å². The first-order chi connectivity index (χ1) is 15.4. The Kier molecular flexibility index (Phi) is 8.84. The van der Waals surface area contributed by atoms with Gasteiger partial charge in [-0.15, -0.1) is 11.6 Å². The molecule has 0 aromatic rings. The van der Waals surface area contributed by atoms with Gasteiger partial charge in [0.1, 0.15) is 6.04 Å². The fourth-order valence-corrected chi connectivity index (χ4v) is 5.01. The van der Waals surface area contributed by atoms with Gasteiger partial charge in [0, 0.05) is 31.6 Å². The van der Waals surface area contributed by atoms with Gasteiger partial charge in [-0.3, -0.25) is 20.5 Å². The maximum absolute atomic E-state index is 13.4. The number of hydrazine groups is 2. The molecule has 2 aliphatic heterocycles. The summed E-state index contributed by atoms with van der Waals surface area (Å²) in [5, 5.41) is 16.9. The lowest BCUT2D eigenvalue weighted by Crippen LogP contribution is -2.54. The van der Waals surface area contributed by atoms with Gasteiger partial charge in [0.05, 0.1) is 18.2 Å². The first-order valence-corrected chi connectivity index (χ1v) is 11.9. The van der Waals surface area contributed by atoms with Crippen molar-refractivity contribution in [2.24, 2.45) is 22.7 Å². The molecule has 0 bridgehead atoms. The maximum atomic E-state index is 13.4. The number of alkyl halides is 4. The van der Waals surface area contributed by atoms with Crippen LogP contribution < -0.4 is 26.9 Å². The van der Waals surface area contributed by atoms with Gasteiger partial charge < -0.3 is 10.4 Å². The van der Waals surface area contributed by atoms with Crippen molar-refractivity contribution in [2.45, 2.75) is 75.4 Å². The highest BCUT2D eigenvalue weighted by Gasteiger charge is 2.52. The van der Waals surface area contributed by atoms with E-state index < -0.39 is 24.0 Å². The second-order valence-corrected chi connectivity index (χ2v) is 10.2. The van der Waals surface area contributed by atoms with Crippen molar-refractivity contribution in [1.82, 2.24) is 31.9 Å². The van der Waals surface area contributed by atoms with Gasteiger partial charge in [-0.05, 0) is 37.5 Å². The predicted octanol–water partition coefficient (Wildman–Crippen LogP) is 0.662. The Labute approximate surface area is 197 Å². The van der Waals surface area contributed by atoms with Gasteiger partial charge >= 0.3 is 6.18 Å².